The van der Waals surface area contributed by atoms with Crippen molar-refractivity contribution in [3.8, 4) is 0 Å². The minimum absolute atomic E-state index is 0.00115. The molecule has 0 unspecified atom stereocenters. The van der Waals surface area contributed by atoms with Crippen LogP contribution in [0.25, 0.3) is 0 Å². The number of ketones is 12. The van der Waals surface area contributed by atoms with Gasteiger partial charge in [0, 0.05) is 132 Å². The molecular weight excluding hydrogens is 793 g/mol. The van der Waals surface area contributed by atoms with Gasteiger partial charge < -0.3 is 5.11 Å². The third-order valence-electron chi connectivity index (χ3n) is 8.85. The summed E-state index contributed by atoms with van der Waals surface area (Å²) in [6.07, 6.45) is -4.60. The van der Waals surface area contributed by atoms with Gasteiger partial charge >= 0.3 is 5.97 Å². The van der Waals surface area contributed by atoms with Crippen LogP contribution in [-0.2, 0) is 68.7 Å². The summed E-state index contributed by atoms with van der Waals surface area (Å²) in [5.41, 5.74) is 1.02. The second kappa shape index (κ2) is 28.3. The zero-order valence-electron chi connectivity index (χ0n) is 32.3. The Labute approximate surface area is 346 Å². The van der Waals surface area contributed by atoms with Gasteiger partial charge in [-0.25, -0.2) is 0 Å². The minimum atomic E-state index is -1.24. The first-order valence-electron chi connectivity index (χ1n) is 19.0. The molecule has 0 saturated heterocycles. The van der Waals surface area contributed by atoms with E-state index < -0.39 is 109 Å². The van der Waals surface area contributed by atoms with E-state index in [-0.39, 0.29) is 88.6 Å². The Kier molecular flexibility index (Phi) is 24.9. The van der Waals surface area contributed by atoms with Crippen LogP contribution in [0.1, 0.15) is 134 Å². The molecule has 1 aromatic carbocycles. The first-order valence-corrected chi connectivity index (χ1v) is 19.8. The number of thiocarbonyl (C=S) groups is 2. The Morgan fingerprint density at radius 3 is 0.862 bits per heavy atom. The summed E-state index contributed by atoms with van der Waals surface area (Å²) in [5, 5.41) is 8.55. The molecule has 0 radical (unpaired) electrons. The lowest BCUT2D eigenvalue weighted by molar-refractivity contribution is -0.141. The number of hydrogen-bond acceptors (Lipinski definition) is 15. The van der Waals surface area contributed by atoms with E-state index >= 15 is 0 Å². The van der Waals surface area contributed by atoms with Gasteiger partial charge in [-0.05, 0) is 12.0 Å². The van der Waals surface area contributed by atoms with Crippen LogP contribution < -0.4 is 0 Å². The monoisotopic (exact) mass is 840 g/mol. The number of benzene rings is 1. The highest BCUT2D eigenvalue weighted by atomic mass is 32.1. The van der Waals surface area contributed by atoms with E-state index in [9.17, 15) is 62.3 Å². The molecule has 16 heteroatoms. The van der Waals surface area contributed by atoms with Crippen molar-refractivity contribution in [3.63, 3.8) is 0 Å². The molecule has 1 aromatic rings. The van der Waals surface area contributed by atoms with E-state index in [0.29, 0.717) is 22.6 Å². The summed E-state index contributed by atoms with van der Waals surface area (Å²) in [4.78, 5) is 156. The van der Waals surface area contributed by atoms with E-state index in [1.807, 2.05) is 30.3 Å². The van der Waals surface area contributed by atoms with Crippen molar-refractivity contribution in [2.75, 3.05) is 0 Å². The largest absolute Gasteiger partial charge is 0.481 e. The smallest absolute Gasteiger partial charge is 0.303 e. The summed E-state index contributed by atoms with van der Waals surface area (Å²) in [6, 6.07) is 9.54. The topological polar surface area (TPSA) is 242 Å². The highest BCUT2D eigenvalue weighted by Crippen LogP contribution is 2.11. The summed E-state index contributed by atoms with van der Waals surface area (Å²) in [6.45, 7) is 0. The van der Waals surface area contributed by atoms with Crippen molar-refractivity contribution in [1.29, 1.82) is 0 Å². The van der Waals surface area contributed by atoms with Crippen molar-refractivity contribution in [1.82, 2.24) is 0 Å². The summed E-state index contributed by atoms with van der Waals surface area (Å²) in [7, 11) is 0. The van der Waals surface area contributed by atoms with Crippen LogP contribution in [0.2, 0.25) is 0 Å². The van der Waals surface area contributed by atoms with Gasteiger partial charge in [0.15, 0.2) is 34.7 Å². The average molecular weight is 841 g/mol. The third kappa shape index (κ3) is 23.9. The second-order valence-corrected chi connectivity index (χ2v) is 14.7. The number of carboxylic acid groups (broad SMARTS) is 1. The molecule has 0 heterocycles. The number of carbonyl (C=O) groups excluding carboxylic acids is 12. The number of carbonyl (C=O) groups is 13. The fourth-order valence-corrected chi connectivity index (χ4v) is 5.62. The van der Waals surface area contributed by atoms with Crippen LogP contribution >= 0.6 is 24.4 Å². The molecule has 0 aliphatic rings. The van der Waals surface area contributed by atoms with E-state index in [2.05, 4.69) is 0 Å². The first-order chi connectivity index (χ1) is 27.4. The van der Waals surface area contributed by atoms with Crippen LogP contribution in [-0.4, -0.2) is 90.2 Å². The normalized spacial score (nSPS) is 10.6. The van der Waals surface area contributed by atoms with Gasteiger partial charge in [0.2, 0.25) is 0 Å². The quantitative estimate of drug-likeness (QED) is 0.0712. The summed E-state index contributed by atoms with van der Waals surface area (Å²) in [5.74, 6) is -9.03. The van der Waals surface area contributed by atoms with Crippen LogP contribution in [0, 0.1) is 0 Å². The molecule has 0 aliphatic heterocycles. The van der Waals surface area contributed by atoms with Gasteiger partial charge in [0.05, 0.1) is 6.42 Å². The number of rotatable bonds is 36. The van der Waals surface area contributed by atoms with E-state index in [0.717, 1.165) is 5.56 Å². The lowest BCUT2D eigenvalue weighted by Crippen LogP contribution is -2.20. The maximum atomic E-state index is 12.3. The Morgan fingerprint density at radius 2 is 0.569 bits per heavy atom. The van der Waals surface area contributed by atoms with Crippen molar-refractivity contribution in [3.05, 3.63) is 35.9 Å². The van der Waals surface area contributed by atoms with Gasteiger partial charge in [-0.3, -0.25) is 62.3 Å². The fraction of sp³-hybridized carbons (Fsp3) is 0.500. The predicted molar refractivity (Wildman–Crippen MR) is 215 cm³/mol. The first kappa shape index (κ1) is 50.9. The molecule has 0 saturated carbocycles. The van der Waals surface area contributed by atoms with Gasteiger partial charge in [-0.1, -0.05) is 54.8 Å². The van der Waals surface area contributed by atoms with Crippen LogP contribution in [0.15, 0.2) is 30.3 Å². The van der Waals surface area contributed by atoms with E-state index in [4.69, 9.17) is 29.5 Å². The molecule has 58 heavy (non-hydrogen) atoms. The SMILES string of the molecule is O=C(O)CCC(=O)C(=O)CCC(=O)CCC(=O)CCC(=O)CCC(=O)C(=O)CCC(=O)C(=O)CCC(=O)CCC(=O)CCC(=O)CCC(=S)C(=S)Cc1ccccc1. The molecule has 0 bridgehead atoms. The highest BCUT2D eigenvalue weighted by Gasteiger charge is 2.22. The molecule has 0 aromatic heterocycles. The van der Waals surface area contributed by atoms with Gasteiger partial charge in [0.1, 0.15) is 34.7 Å². The van der Waals surface area contributed by atoms with Crippen LogP contribution in [0.3, 0.4) is 0 Å². The standard InChI is InChI=1S/C42H48O14S2/c43-28(7-11-32(47)16-20-36(51)39(54)23-25-42(55)56)6-10-30(45)14-18-34(49)37(52)21-22-38(53)35(50)19-15-31(46)12-8-29(44)9-13-33(48)17-24-40(57)41(58)26-27-4-2-1-3-5-27/h1-5H,6-26H2,(H,55,56). The van der Waals surface area contributed by atoms with Crippen LogP contribution in [0.4, 0.5) is 0 Å². The molecule has 0 aliphatic carbocycles. The maximum Gasteiger partial charge on any atom is 0.303 e. The predicted octanol–water partition coefficient (Wildman–Crippen LogP) is 4.68. The Hall–Kier alpha value is -5.09. The number of aliphatic carboxylic acids is 1. The minimum Gasteiger partial charge on any atom is -0.481 e. The van der Waals surface area contributed by atoms with Crippen molar-refractivity contribution in [2.45, 2.75) is 135 Å². The van der Waals surface area contributed by atoms with E-state index in [1.165, 1.54) is 0 Å². The zero-order chi connectivity index (χ0) is 43.6. The Balaban J connectivity index is 2.20. The Morgan fingerprint density at radius 1 is 0.328 bits per heavy atom. The number of carboxylic acids is 1. The molecule has 312 valence electrons. The number of hydrogen-bond donors (Lipinski definition) is 1. The second-order valence-electron chi connectivity index (χ2n) is 13.7. The summed E-state index contributed by atoms with van der Waals surface area (Å²) >= 11 is 10.7. The van der Waals surface area contributed by atoms with Crippen LogP contribution in [0.5, 0.6) is 0 Å². The number of Topliss-reactive ketones (excluding diaryl/α,β-unsaturated/α-hetero) is 12. The zero-order valence-corrected chi connectivity index (χ0v) is 33.9. The maximum absolute atomic E-state index is 12.3. The lowest BCUT2D eigenvalue weighted by atomic mass is 9.98. The van der Waals surface area contributed by atoms with Gasteiger partial charge in [0.25, 0.3) is 0 Å². The van der Waals surface area contributed by atoms with Gasteiger partial charge in [-0.15, -0.1) is 0 Å². The van der Waals surface area contributed by atoms with Crippen molar-refractivity contribution >= 4 is 110 Å². The molecule has 0 fully saturated rings. The van der Waals surface area contributed by atoms with Gasteiger partial charge in [-0.2, -0.15) is 0 Å². The molecule has 0 spiro atoms. The average Bonchev–Trinajstić information content (AvgIpc) is 3.20. The third-order valence-corrected chi connectivity index (χ3v) is 9.82. The van der Waals surface area contributed by atoms with Crippen molar-refractivity contribution < 1.29 is 67.4 Å². The fourth-order valence-electron chi connectivity index (χ4n) is 5.18. The summed E-state index contributed by atoms with van der Waals surface area (Å²) < 4.78 is 0. The molecule has 0 atom stereocenters. The molecule has 14 nitrogen and oxygen atoms in total. The molecular formula is C42H48O14S2. The molecule has 1 rings (SSSR count). The Bertz CT molecular complexity index is 1790. The lowest BCUT2D eigenvalue weighted by Gasteiger charge is -2.06. The highest BCUT2D eigenvalue weighted by molar-refractivity contribution is 7.89. The molecule has 1 N–H and O–H groups in total. The van der Waals surface area contributed by atoms with Crippen molar-refractivity contribution in [2.24, 2.45) is 0 Å². The molecule has 0 amide bonds. The van der Waals surface area contributed by atoms with E-state index in [1.54, 1.807) is 0 Å².